The van der Waals surface area contributed by atoms with Gasteiger partial charge in [-0.05, 0) is 23.8 Å². The maximum absolute atomic E-state index is 5.12. The lowest BCUT2D eigenvalue weighted by molar-refractivity contribution is 0.762. The first-order valence-electron chi connectivity index (χ1n) is 5.10. The summed E-state index contributed by atoms with van der Waals surface area (Å²) in [4.78, 5) is 4.05. The molecule has 0 fully saturated rings. The smallest absolute Gasteiger partial charge is 0.214 e. The average molecular weight is 235 g/mol. The zero-order valence-corrected chi connectivity index (χ0v) is 9.79. The first kappa shape index (κ1) is 10.8. The van der Waals surface area contributed by atoms with Crippen molar-refractivity contribution in [2.75, 3.05) is 5.43 Å². The summed E-state index contributed by atoms with van der Waals surface area (Å²) in [5, 5.41) is 6.88. The average Bonchev–Trinajstić information content (AvgIpc) is 2.69. The molecule has 16 heavy (non-hydrogen) atoms. The summed E-state index contributed by atoms with van der Waals surface area (Å²) >= 11 is 5.12. The fourth-order valence-electron chi connectivity index (χ4n) is 1.40. The van der Waals surface area contributed by atoms with Gasteiger partial charge >= 0.3 is 0 Å². The summed E-state index contributed by atoms with van der Waals surface area (Å²) in [5.41, 5.74) is 4.31. The Bertz CT molecular complexity index is 501. The second-order valence-corrected chi connectivity index (χ2v) is 3.72. The highest BCUT2D eigenvalue weighted by molar-refractivity contribution is 7.71. The summed E-state index contributed by atoms with van der Waals surface area (Å²) in [5.74, 6) is 0.897. The Kier molecular flexibility index (Phi) is 3.31. The number of aromatic amines is 1. The number of hydrogen-bond donors (Lipinski definition) is 2. The number of rotatable bonds is 4. The molecular weight excluding hydrogens is 222 g/mol. The largest absolute Gasteiger partial charge is 0.318 e. The van der Waals surface area contributed by atoms with Gasteiger partial charge in [0.2, 0.25) is 4.77 Å². The van der Waals surface area contributed by atoms with Crippen LogP contribution in [0.1, 0.15) is 18.3 Å². The summed E-state index contributed by atoms with van der Waals surface area (Å²) < 4.78 is 2.38. The van der Waals surface area contributed by atoms with Crippen LogP contribution in [0.25, 0.3) is 0 Å². The summed E-state index contributed by atoms with van der Waals surface area (Å²) in [6.07, 6.45) is 4.40. The van der Waals surface area contributed by atoms with Gasteiger partial charge in [-0.1, -0.05) is 13.0 Å². The highest BCUT2D eigenvalue weighted by Gasteiger charge is 2.02. The van der Waals surface area contributed by atoms with E-state index in [-0.39, 0.29) is 0 Å². The van der Waals surface area contributed by atoms with Crippen LogP contribution in [-0.2, 0) is 13.0 Å². The van der Waals surface area contributed by atoms with Crippen LogP contribution in [0.4, 0.5) is 0 Å². The Morgan fingerprint density at radius 2 is 2.44 bits per heavy atom. The lowest BCUT2D eigenvalue weighted by Gasteiger charge is -2.08. The number of H-pyrrole nitrogens is 1. The van der Waals surface area contributed by atoms with Crippen LogP contribution in [0.5, 0.6) is 0 Å². The molecule has 84 valence electrons. The van der Waals surface area contributed by atoms with Gasteiger partial charge in [0.15, 0.2) is 5.82 Å². The molecule has 0 atom stereocenters. The van der Waals surface area contributed by atoms with E-state index in [0.29, 0.717) is 11.3 Å². The topological polar surface area (TPSA) is 58.5 Å². The SMILES string of the molecule is CCc1n[nH]c(=S)n1NCc1cccnc1. The molecule has 6 heteroatoms. The first-order chi connectivity index (χ1) is 7.81. The molecule has 5 nitrogen and oxygen atoms in total. The number of pyridine rings is 1. The molecule has 0 saturated carbocycles. The van der Waals surface area contributed by atoms with Gasteiger partial charge in [0, 0.05) is 18.8 Å². The third kappa shape index (κ3) is 2.27. The Labute approximate surface area is 98.5 Å². The van der Waals surface area contributed by atoms with E-state index in [1.54, 1.807) is 10.9 Å². The molecule has 2 rings (SSSR count). The summed E-state index contributed by atoms with van der Waals surface area (Å²) in [6.45, 7) is 2.71. The quantitative estimate of drug-likeness (QED) is 0.791. The molecular formula is C10H13N5S. The normalized spacial score (nSPS) is 10.3. The van der Waals surface area contributed by atoms with Crippen LogP contribution in [0, 0.1) is 4.77 Å². The second-order valence-electron chi connectivity index (χ2n) is 3.33. The van der Waals surface area contributed by atoms with E-state index in [1.807, 2.05) is 25.3 Å². The summed E-state index contributed by atoms with van der Waals surface area (Å²) in [7, 11) is 0. The fourth-order valence-corrected chi connectivity index (χ4v) is 1.62. The zero-order chi connectivity index (χ0) is 11.4. The van der Waals surface area contributed by atoms with E-state index < -0.39 is 0 Å². The minimum absolute atomic E-state index is 0.584. The van der Waals surface area contributed by atoms with Crippen molar-refractivity contribution in [2.24, 2.45) is 0 Å². The van der Waals surface area contributed by atoms with Crippen LogP contribution >= 0.6 is 12.2 Å². The molecule has 0 aliphatic carbocycles. The minimum Gasteiger partial charge on any atom is -0.318 e. The van der Waals surface area contributed by atoms with Crippen molar-refractivity contribution in [1.29, 1.82) is 0 Å². The number of hydrogen-bond acceptors (Lipinski definition) is 4. The van der Waals surface area contributed by atoms with Gasteiger partial charge in [-0.15, -0.1) is 0 Å². The zero-order valence-electron chi connectivity index (χ0n) is 8.97. The molecule has 2 N–H and O–H groups in total. The standard InChI is InChI=1S/C10H13N5S/c1-2-9-13-14-10(16)15(9)12-7-8-4-3-5-11-6-8/h3-6,12H,2,7H2,1H3,(H,14,16). The second kappa shape index (κ2) is 4.89. The number of nitrogens with zero attached hydrogens (tertiary/aromatic N) is 3. The van der Waals surface area contributed by atoms with Gasteiger partial charge in [-0.25, -0.2) is 4.68 Å². The molecule has 0 radical (unpaired) electrons. The fraction of sp³-hybridized carbons (Fsp3) is 0.300. The Hall–Kier alpha value is -1.69. The highest BCUT2D eigenvalue weighted by atomic mass is 32.1. The molecule has 0 spiro atoms. The molecule has 0 aliphatic rings. The lowest BCUT2D eigenvalue weighted by atomic mass is 10.3. The predicted octanol–water partition coefficient (Wildman–Crippen LogP) is 1.64. The predicted molar refractivity (Wildman–Crippen MR) is 64.1 cm³/mol. The van der Waals surface area contributed by atoms with Gasteiger partial charge in [0.1, 0.15) is 0 Å². The molecule has 0 amide bonds. The minimum atomic E-state index is 0.584. The Balaban J connectivity index is 2.10. The molecule has 2 aromatic rings. The van der Waals surface area contributed by atoms with E-state index >= 15 is 0 Å². The number of aromatic nitrogens is 4. The third-order valence-corrected chi connectivity index (χ3v) is 2.50. The van der Waals surface area contributed by atoms with Crippen molar-refractivity contribution in [3.05, 3.63) is 40.7 Å². The number of aryl methyl sites for hydroxylation is 1. The van der Waals surface area contributed by atoms with Crippen molar-refractivity contribution >= 4 is 12.2 Å². The monoisotopic (exact) mass is 235 g/mol. The highest BCUT2D eigenvalue weighted by Crippen LogP contribution is 1.99. The molecule has 2 heterocycles. The third-order valence-electron chi connectivity index (χ3n) is 2.22. The molecule has 0 aromatic carbocycles. The Morgan fingerprint density at radius 3 is 3.12 bits per heavy atom. The first-order valence-corrected chi connectivity index (χ1v) is 5.51. The van der Waals surface area contributed by atoms with Crippen LogP contribution < -0.4 is 5.43 Å². The van der Waals surface area contributed by atoms with E-state index in [4.69, 9.17) is 12.2 Å². The van der Waals surface area contributed by atoms with Crippen LogP contribution in [0.2, 0.25) is 0 Å². The van der Waals surface area contributed by atoms with Crippen molar-refractivity contribution in [3.8, 4) is 0 Å². The van der Waals surface area contributed by atoms with Gasteiger partial charge in [-0.2, -0.15) is 5.10 Å². The van der Waals surface area contributed by atoms with Crippen LogP contribution in [0.3, 0.4) is 0 Å². The summed E-state index contributed by atoms with van der Waals surface area (Å²) in [6, 6.07) is 3.92. The van der Waals surface area contributed by atoms with E-state index in [1.165, 1.54) is 0 Å². The van der Waals surface area contributed by atoms with E-state index in [9.17, 15) is 0 Å². The lowest BCUT2D eigenvalue weighted by Crippen LogP contribution is -2.17. The van der Waals surface area contributed by atoms with Crippen molar-refractivity contribution in [3.63, 3.8) is 0 Å². The van der Waals surface area contributed by atoms with Gasteiger partial charge < -0.3 is 5.43 Å². The van der Waals surface area contributed by atoms with Gasteiger partial charge in [-0.3, -0.25) is 10.1 Å². The molecule has 0 bridgehead atoms. The van der Waals surface area contributed by atoms with E-state index in [2.05, 4.69) is 20.6 Å². The van der Waals surface area contributed by atoms with E-state index in [0.717, 1.165) is 17.8 Å². The van der Waals surface area contributed by atoms with Gasteiger partial charge in [0.05, 0.1) is 6.54 Å². The Morgan fingerprint density at radius 1 is 1.56 bits per heavy atom. The van der Waals surface area contributed by atoms with Crippen LogP contribution in [0.15, 0.2) is 24.5 Å². The molecule has 2 aromatic heterocycles. The van der Waals surface area contributed by atoms with Crippen LogP contribution in [-0.4, -0.2) is 19.9 Å². The molecule has 0 unspecified atom stereocenters. The maximum Gasteiger partial charge on any atom is 0.214 e. The van der Waals surface area contributed by atoms with Gasteiger partial charge in [0.25, 0.3) is 0 Å². The molecule has 0 aliphatic heterocycles. The number of nitrogens with one attached hydrogen (secondary N) is 2. The van der Waals surface area contributed by atoms with Crippen molar-refractivity contribution < 1.29 is 0 Å². The maximum atomic E-state index is 5.12. The molecule has 0 saturated heterocycles. The van der Waals surface area contributed by atoms with Crippen molar-refractivity contribution in [2.45, 2.75) is 19.9 Å². The van der Waals surface area contributed by atoms with Crippen molar-refractivity contribution in [1.82, 2.24) is 19.9 Å².